The Morgan fingerprint density at radius 1 is 0.818 bits per heavy atom. The summed E-state index contributed by atoms with van der Waals surface area (Å²) in [6.07, 6.45) is 4.58. The fourth-order valence-electron chi connectivity index (χ4n) is 2.68. The second kappa shape index (κ2) is 9.94. The number of aldehydes is 1. The Labute approximate surface area is 135 Å². The summed E-state index contributed by atoms with van der Waals surface area (Å²) in [7, 11) is 0. The van der Waals surface area contributed by atoms with Crippen molar-refractivity contribution in [3.8, 4) is 0 Å². The summed E-state index contributed by atoms with van der Waals surface area (Å²) in [4.78, 5) is 10.4. The highest BCUT2D eigenvalue weighted by Gasteiger charge is 2.03. The van der Waals surface area contributed by atoms with E-state index in [4.69, 9.17) is 0 Å². The summed E-state index contributed by atoms with van der Waals surface area (Å²) in [5, 5.41) is 0. The molecule has 0 radical (unpaired) electrons. The number of benzene rings is 2. The van der Waals surface area contributed by atoms with Gasteiger partial charge in [-0.05, 0) is 60.9 Å². The maximum atomic E-state index is 10.4. The van der Waals surface area contributed by atoms with Crippen LogP contribution in [0.4, 0.5) is 0 Å². The number of aryl methyl sites for hydroxylation is 4. The predicted molar refractivity (Wildman–Crippen MR) is 95.5 cm³/mol. The quantitative estimate of drug-likeness (QED) is 0.666. The molecule has 0 aliphatic heterocycles. The van der Waals surface area contributed by atoms with Crippen molar-refractivity contribution in [3.05, 3.63) is 70.3 Å². The van der Waals surface area contributed by atoms with E-state index in [1.807, 2.05) is 13.8 Å². The first-order chi connectivity index (χ1) is 10.7. The van der Waals surface area contributed by atoms with Gasteiger partial charge in [0.2, 0.25) is 0 Å². The minimum Gasteiger partial charge on any atom is -0.303 e. The van der Waals surface area contributed by atoms with Crippen molar-refractivity contribution < 1.29 is 4.79 Å². The van der Waals surface area contributed by atoms with Crippen molar-refractivity contribution in [2.75, 3.05) is 0 Å². The Balaban J connectivity index is 0.00000116. The molecule has 2 aromatic rings. The molecule has 0 bridgehead atoms. The average molecular weight is 296 g/mol. The first kappa shape index (κ1) is 18.2. The molecule has 22 heavy (non-hydrogen) atoms. The second-order valence-electron chi connectivity index (χ2n) is 5.40. The lowest BCUT2D eigenvalue weighted by molar-refractivity contribution is -0.107. The van der Waals surface area contributed by atoms with Gasteiger partial charge >= 0.3 is 0 Å². The van der Waals surface area contributed by atoms with Gasteiger partial charge in [0.25, 0.3) is 0 Å². The molecule has 0 saturated carbocycles. The van der Waals surface area contributed by atoms with E-state index in [0.29, 0.717) is 6.42 Å². The van der Waals surface area contributed by atoms with Gasteiger partial charge in [-0.15, -0.1) is 0 Å². The van der Waals surface area contributed by atoms with Crippen molar-refractivity contribution >= 4 is 6.29 Å². The normalized spacial score (nSPS) is 9.82. The summed E-state index contributed by atoms with van der Waals surface area (Å²) < 4.78 is 0. The van der Waals surface area contributed by atoms with Gasteiger partial charge in [-0.2, -0.15) is 0 Å². The van der Waals surface area contributed by atoms with Crippen LogP contribution >= 0.6 is 0 Å². The van der Waals surface area contributed by atoms with Crippen LogP contribution in [-0.4, -0.2) is 6.29 Å². The lowest BCUT2D eigenvalue weighted by Gasteiger charge is -2.10. The summed E-state index contributed by atoms with van der Waals surface area (Å²) in [6.45, 7) is 8.37. The smallest absolute Gasteiger partial charge is 0.120 e. The van der Waals surface area contributed by atoms with Gasteiger partial charge in [0.15, 0.2) is 0 Å². The van der Waals surface area contributed by atoms with Crippen LogP contribution in [0.3, 0.4) is 0 Å². The summed E-state index contributed by atoms with van der Waals surface area (Å²) >= 11 is 0. The molecule has 0 aliphatic rings. The van der Waals surface area contributed by atoms with Crippen LogP contribution in [0.25, 0.3) is 0 Å². The van der Waals surface area contributed by atoms with Gasteiger partial charge in [-0.1, -0.05) is 56.3 Å². The van der Waals surface area contributed by atoms with Gasteiger partial charge in [-0.25, -0.2) is 0 Å². The molecule has 0 fully saturated rings. The molecule has 0 saturated heterocycles. The van der Waals surface area contributed by atoms with Gasteiger partial charge < -0.3 is 4.79 Å². The standard InChI is InChI=1S/C19H22O.C2H6/c1-15-6-3-7-16(2)19(15)12-11-18-9-4-8-17(14-18)10-5-13-20;1-2/h3-4,6-9,13-14H,5,10-12H2,1-2H3;1-2H3. The molecule has 0 unspecified atom stereocenters. The Morgan fingerprint density at radius 3 is 1.95 bits per heavy atom. The number of rotatable bonds is 6. The lowest BCUT2D eigenvalue weighted by Crippen LogP contribution is -1.98. The maximum absolute atomic E-state index is 10.4. The first-order valence-corrected chi connectivity index (χ1v) is 8.27. The maximum Gasteiger partial charge on any atom is 0.120 e. The molecule has 1 nitrogen and oxygen atoms in total. The molecule has 0 heterocycles. The monoisotopic (exact) mass is 296 g/mol. The van der Waals surface area contributed by atoms with E-state index < -0.39 is 0 Å². The molecule has 0 spiro atoms. The van der Waals surface area contributed by atoms with E-state index >= 15 is 0 Å². The zero-order valence-corrected chi connectivity index (χ0v) is 14.4. The zero-order valence-electron chi connectivity index (χ0n) is 14.4. The minimum absolute atomic E-state index is 0.611. The number of hydrogen-bond donors (Lipinski definition) is 0. The molecular formula is C21H28O. The SMILES string of the molecule is CC.Cc1cccc(C)c1CCc1cccc(CCC=O)c1. The number of hydrogen-bond acceptors (Lipinski definition) is 1. The van der Waals surface area contributed by atoms with Gasteiger partial charge in [0, 0.05) is 6.42 Å². The van der Waals surface area contributed by atoms with E-state index in [9.17, 15) is 4.79 Å². The van der Waals surface area contributed by atoms with E-state index in [1.54, 1.807) is 0 Å². The molecule has 118 valence electrons. The molecule has 0 N–H and O–H groups in total. The summed E-state index contributed by atoms with van der Waals surface area (Å²) in [6, 6.07) is 15.1. The molecular weight excluding hydrogens is 268 g/mol. The fourth-order valence-corrected chi connectivity index (χ4v) is 2.68. The van der Waals surface area contributed by atoms with Crippen LogP contribution in [-0.2, 0) is 24.1 Å². The summed E-state index contributed by atoms with van der Waals surface area (Å²) in [5.41, 5.74) is 6.84. The van der Waals surface area contributed by atoms with Crippen molar-refractivity contribution in [1.29, 1.82) is 0 Å². The molecule has 0 aliphatic carbocycles. The largest absolute Gasteiger partial charge is 0.303 e. The van der Waals surface area contributed by atoms with Crippen LogP contribution in [0, 0.1) is 13.8 Å². The topological polar surface area (TPSA) is 17.1 Å². The van der Waals surface area contributed by atoms with Crippen LogP contribution in [0.5, 0.6) is 0 Å². The van der Waals surface area contributed by atoms with Gasteiger partial charge in [0.05, 0.1) is 0 Å². The highest BCUT2D eigenvalue weighted by Crippen LogP contribution is 2.17. The van der Waals surface area contributed by atoms with E-state index in [2.05, 4.69) is 56.3 Å². The fraction of sp³-hybridized carbons (Fsp3) is 0.381. The Kier molecular flexibility index (Phi) is 8.21. The van der Waals surface area contributed by atoms with Gasteiger partial charge in [-0.3, -0.25) is 0 Å². The molecule has 0 atom stereocenters. The zero-order chi connectivity index (χ0) is 16.4. The Hall–Kier alpha value is -1.89. The Bertz CT molecular complexity index is 564. The van der Waals surface area contributed by atoms with E-state index in [-0.39, 0.29) is 0 Å². The third kappa shape index (κ3) is 5.48. The van der Waals surface area contributed by atoms with Crippen LogP contribution in [0.15, 0.2) is 42.5 Å². The third-order valence-corrected chi connectivity index (χ3v) is 3.85. The molecule has 0 aromatic heterocycles. The van der Waals surface area contributed by atoms with Crippen molar-refractivity contribution in [1.82, 2.24) is 0 Å². The average Bonchev–Trinajstić information content (AvgIpc) is 2.55. The van der Waals surface area contributed by atoms with Crippen molar-refractivity contribution in [2.45, 2.75) is 53.4 Å². The van der Waals surface area contributed by atoms with Gasteiger partial charge in [0.1, 0.15) is 6.29 Å². The van der Waals surface area contributed by atoms with Crippen LogP contribution < -0.4 is 0 Å². The van der Waals surface area contributed by atoms with Crippen molar-refractivity contribution in [2.24, 2.45) is 0 Å². The summed E-state index contributed by atoms with van der Waals surface area (Å²) in [5.74, 6) is 0. The van der Waals surface area contributed by atoms with E-state index in [1.165, 1.54) is 27.8 Å². The molecule has 2 rings (SSSR count). The molecule has 1 heteroatoms. The Morgan fingerprint density at radius 2 is 1.36 bits per heavy atom. The van der Waals surface area contributed by atoms with Crippen LogP contribution in [0.2, 0.25) is 0 Å². The highest BCUT2D eigenvalue weighted by atomic mass is 16.1. The van der Waals surface area contributed by atoms with Crippen LogP contribution in [0.1, 0.15) is 48.1 Å². The molecule has 0 amide bonds. The molecule has 2 aromatic carbocycles. The highest BCUT2D eigenvalue weighted by molar-refractivity contribution is 5.50. The number of carbonyl (C=O) groups is 1. The number of carbonyl (C=O) groups excluding carboxylic acids is 1. The minimum atomic E-state index is 0.611. The second-order valence-corrected chi connectivity index (χ2v) is 5.40. The van der Waals surface area contributed by atoms with Crippen molar-refractivity contribution in [3.63, 3.8) is 0 Å². The lowest BCUT2D eigenvalue weighted by atomic mass is 9.95. The predicted octanol–water partition coefficient (Wildman–Crippen LogP) is 5.25. The third-order valence-electron chi connectivity index (χ3n) is 3.85. The van der Waals surface area contributed by atoms with E-state index in [0.717, 1.165) is 25.5 Å². The first-order valence-electron chi connectivity index (χ1n) is 8.27.